The molecule has 0 N–H and O–H groups in total. The second-order valence-corrected chi connectivity index (χ2v) is 9.11. The zero-order valence-electron chi connectivity index (χ0n) is 17.9. The molecule has 0 spiro atoms. The van der Waals surface area contributed by atoms with E-state index in [9.17, 15) is 4.79 Å². The molecule has 30 heavy (non-hydrogen) atoms. The van der Waals surface area contributed by atoms with Gasteiger partial charge in [0.2, 0.25) is 0 Å². The average molecular weight is 402 g/mol. The van der Waals surface area contributed by atoms with Crippen LogP contribution in [0.5, 0.6) is 0 Å². The van der Waals surface area contributed by atoms with Crippen molar-refractivity contribution in [3.63, 3.8) is 0 Å². The maximum absolute atomic E-state index is 13.5. The molecule has 0 unspecified atom stereocenters. The van der Waals surface area contributed by atoms with Crippen molar-refractivity contribution in [1.82, 2.24) is 9.55 Å². The Balaban J connectivity index is 1.78. The maximum atomic E-state index is 13.5. The third kappa shape index (κ3) is 2.65. The Bertz CT molecular complexity index is 1270. The minimum atomic E-state index is -0.861. The quantitative estimate of drug-likeness (QED) is 0.479. The van der Waals surface area contributed by atoms with Crippen molar-refractivity contribution in [1.29, 1.82) is 0 Å². The van der Waals surface area contributed by atoms with Crippen molar-refractivity contribution in [2.45, 2.75) is 58.5 Å². The van der Waals surface area contributed by atoms with Gasteiger partial charge in [0.1, 0.15) is 12.4 Å². The fourth-order valence-corrected chi connectivity index (χ4v) is 4.74. The van der Waals surface area contributed by atoms with E-state index in [4.69, 9.17) is 14.5 Å². The lowest BCUT2D eigenvalue weighted by Crippen LogP contribution is -2.44. The third-order valence-electron chi connectivity index (χ3n) is 6.03. The van der Waals surface area contributed by atoms with Crippen LogP contribution in [0.25, 0.3) is 22.3 Å². The van der Waals surface area contributed by atoms with Crippen LogP contribution in [0.2, 0.25) is 0 Å². The van der Waals surface area contributed by atoms with Crippen LogP contribution in [0.4, 0.5) is 0 Å². The van der Waals surface area contributed by atoms with E-state index in [1.54, 1.807) is 0 Å². The van der Waals surface area contributed by atoms with E-state index in [0.717, 1.165) is 33.4 Å². The predicted molar refractivity (Wildman–Crippen MR) is 117 cm³/mol. The summed E-state index contributed by atoms with van der Waals surface area (Å²) in [6, 6.07) is 12.3. The number of nitrogens with zero attached hydrogens (tertiary/aromatic N) is 2. The van der Waals surface area contributed by atoms with Crippen LogP contribution >= 0.6 is 0 Å². The van der Waals surface area contributed by atoms with Crippen molar-refractivity contribution in [3.05, 3.63) is 75.8 Å². The molecule has 1 aromatic carbocycles. The molecular formula is C25H26N2O3. The highest BCUT2D eigenvalue weighted by atomic mass is 16.6. The number of ether oxygens (including phenoxy) is 2. The number of hydrogen-bond acceptors (Lipinski definition) is 4. The molecule has 0 fully saturated rings. The zero-order chi connectivity index (χ0) is 21.3. The molecule has 1 atom stereocenters. The van der Waals surface area contributed by atoms with Crippen molar-refractivity contribution in [3.8, 4) is 11.4 Å². The number of benzene rings is 1. The molecule has 0 bridgehead atoms. The summed E-state index contributed by atoms with van der Waals surface area (Å²) < 4.78 is 14.2. The fraction of sp³-hybridized carbons (Fsp3) is 0.360. The molecule has 4 heterocycles. The number of para-hydroxylation sites is 1. The summed E-state index contributed by atoms with van der Waals surface area (Å²) in [5, 5.41) is 1.08. The van der Waals surface area contributed by atoms with Crippen LogP contribution in [0, 0.1) is 0 Å². The number of pyridine rings is 2. The highest BCUT2D eigenvalue weighted by molar-refractivity contribution is 5.84. The van der Waals surface area contributed by atoms with Gasteiger partial charge < -0.3 is 14.0 Å². The summed E-state index contributed by atoms with van der Waals surface area (Å²) in [7, 11) is 0. The molecule has 5 heteroatoms. The van der Waals surface area contributed by atoms with Crippen molar-refractivity contribution < 1.29 is 9.47 Å². The number of hydrogen-bond donors (Lipinski definition) is 0. The third-order valence-corrected chi connectivity index (χ3v) is 6.03. The highest BCUT2D eigenvalue weighted by Crippen LogP contribution is 2.46. The molecular weight excluding hydrogens is 376 g/mol. The minimum Gasteiger partial charge on any atom is -0.490 e. The summed E-state index contributed by atoms with van der Waals surface area (Å²) in [4.78, 5) is 18.4. The molecule has 0 amide bonds. The van der Waals surface area contributed by atoms with Crippen molar-refractivity contribution >= 4 is 10.9 Å². The first-order valence-electron chi connectivity index (χ1n) is 10.4. The molecule has 3 aromatic rings. The molecule has 0 saturated carbocycles. The molecule has 0 aliphatic carbocycles. The first kappa shape index (κ1) is 19.1. The van der Waals surface area contributed by atoms with Gasteiger partial charge in [0.05, 0.1) is 34.6 Å². The van der Waals surface area contributed by atoms with E-state index in [2.05, 4.69) is 24.8 Å². The van der Waals surface area contributed by atoms with Crippen LogP contribution in [-0.4, -0.2) is 15.2 Å². The molecule has 2 aliphatic heterocycles. The zero-order valence-corrected chi connectivity index (χ0v) is 17.9. The van der Waals surface area contributed by atoms with E-state index >= 15 is 0 Å². The Morgan fingerprint density at radius 1 is 1.27 bits per heavy atom. The standard InChI is InChI=1S/C25H26N2O3/c1-6-25(30-24(3,4)5)15(2)29-14-18-19(25)12-21-22-17(13-27(21)23(18)28)11-16-9-7-8-10-20(16)26-22/h7-12H,2,6,13-14H2,1,3-5H3/t25-/m1/s1. The summed E-state index contributed by atoms with van der Waals surface area (Å²) in [6.45, 7) is 13.0. The van der Waals surface area contributed by atoms with Crippen LogP contribution in [0.3, 0.4) is 0 Å². The molecule has 154 valence electrons. The topological polar surface area (TPSA) is 53.4 Å². The van der Waals surface area contributed by atoms with Gasteiger partial charge >= 0.3 is 0 Å². The monoisotopic (exact) mass is 402 g/mol. The van der Waals surface area contributed by atoms with Gasteiger partial charge in [-0.15, -0.1) is 0 Å². The molecule has 0 radical (unpaired) electrons. The van der Waals surface area contributed by atoms with E-state index in [-0.39, 0.29) is 12.2 Å². The van der Waals surface area contributed by atoms with E-state index < -0.39 is 11.2 Å². The van der Waals surface area contributed by atoms with Gasteiger partial charge in [-0.1, -0.05) is 31.7 Å². The van der Waals surface area contributed by atoms with Gasteiger partial charge in [-0.3, -0.25) is 4.79 Å². The van der Waals surface area contributed by atoms with Crippen molar-refractivity contribution in [2.75, 3.05) is 0 Å². The fourth-order valence-electron chi connectivity index (χ4n) is 4.74. The minimum absolute atomic E-state index is 0.0348. The average Bonchev–Trinajstić information content (AvgIpc) is 3.06. The Kier molecular flexibility index (Phi) is 4.00. The summed E-state index contributed by atoms with van der Waals surface area (Å²) in [5.74, 6) is 0.557. The Morgan fingerprint density at radius 3 is 2.77 bits per heavy atom. The molecule has 2 aliphatic rings. The maximum Gasteiger partial charge on any atom is 0.258 e. The number of fused-ring (bicyclic) bond motifs is 5. The number of rotatable bonds is 2. The Labute approximate surface area is 176 Å². The summed E-state index contributed by atoms with van der Waals surface area (Å²) in [6.07, 6.45) is 0.622. The SMILES string of the molecule is C=C1OCc2c(cc3n(c2=O)Cc2cc4ccccc4nc2-3)[C@]1(CC)OC(C)(C)C. The van der Waals surface area contributed by atoms with Gasteiger partial charge in [-0.2, -0.15) is 0 Å². The molecule has 5 nitrogen and oxygen atoms in total. The van der Waals surface area contributed by atoms with Gasteiger partial charge in [-0.25, -0.2) is 4.98 Å². The van der Waals surface area contributed by atoms with Crippen molar-refractivity contribution in [2.24, 2.45) is 0 Å². The van der Waals surface area contributed by atoms with Gasteiger partial charge in [0.25, 0.3) is 5.56 Å². The highest BCUT2D eigenvalue weighted by Gasteiger charge is 2.46. The molecule has 0 saturated heterocycles. The lowest BCUT2D eigenvalue weighted by atomic mass is 9.83. The largest absolute Gasteiger partial charge is 0.490 e. The molecule has 5 rings (SSSR count). The lowest BCUT2D eigenvalue weighted by molar-refractivity contribution is -0.149. The van der Waals surface area contributed by atoms with Crippen LogP contribution in [0.1, 0.15) is 50.8 Å². The second-order valence-electron chi connectivity index (χ2n) is 9.11. The smallest absolute Gasteiger partial charge is 0.258 e. The predicted octanol–water partition coefficient (Wildman–Crippen LogP) is 4.89. The van der Waals surface area contributed by atoms with E-state index in [1.165, 1.54) is 0 Å². The van der Waals surface area contributed by atoms with E-state index in [1.807, 2.05) is 50.5 Å². The van der Waals surface area contributed by atoms with Crippen LogP contribution in [0.15, 0.2) is 53.5 Å². The normalized spacial score (nSPS) is 19.9. The van der Waals surface area contributed by atoms with E-state index in [0.29, 0.717) is 24.3 Å². The van der Waals surface area contributed by atoms with Gasteiger partial charge in [0.15, 0.2) is 5.60 Å². The van der Waals surface area contributed by atoms with Crippen LogP contribution in [-0.2, 0) is 28.2 Å². The molecule has 2 aromatic heterocycles. The van der Waals surface area contributed by atoms with Gasteiger partial charge in [0, 0.05) is 16.5 Å². The lowest BCUT2D eigenvalue weighted by Gasteiger charge is -2.43. The Morgan fingerprint density at radius 2 is 2.03 bits per heavy atom. The number of aromatic nitrogens is 2. The van der Waals surface area contributed by atoms with Gasteiger partial charge in [-0.05, 0) is 45.4 Å². The summed E-state index contributed by atoms with van der Waals surface area (Å²) in [5.41, 5.74) is 3.87. The first-order valence-corrected chi connectivity index (χ1v) is 10.4. The second kappa shape index (κ2) is 6.29. The first-order chi connectivity index (χ1) is 14.2. The Hall–Kier alpha value is -2.92. The van der Waals surface area contributed by atoms with Crippen LogP contribution < -0.4 is 5.56 Å². The summed E-state index contributed by atoms with van der Waals surface area (Å²) >= 11 is 0.